The Kier molecular flexibility index (Phi) is 1.90. The van der Waals surface area contributed by atoms with E-state index in [0.717, 1.165) is 13.2 Å². The number of likely N-dealkylation sites (tertiary alicyclic amines) is 1. The van der Waals surface area contributed by atoms with Crippen LogP contribution in [0.5, 0.6) is 0 Å². The monoisotopic (exact) mass is 155 g/mol. The maximum absolute atomic E-state index is 5.29. The Balaban J connectivity index is 1.97. The van der Waals surface area contributed by atoms with Crippen molar-refractivity contribution in [2.75, 3.05) is 33.4 Å². The van der Waals surface area contributed by atoms with Crippen LogP contribution < -0.4 is 0 Å². The Bertz CT molecular complexity index is 142. The molecular formula is C9H17NO. The summed E-state index contributed by atoms with van der Waals surface area (Å²) in [6.07, 6.45) is 4.16. The molecule has 2 aliphatic rings. The van der Waals surface area contributed by atoms with Crippen molar-refractivity contribution in [1.82, 2.24) is 4.90 Å². The van der Waals surface area contributed by atoms with Crippen LogP contribution in [0.1, 0.15) is 19.3 Å². The van der Waals surface area contributed by atoms with Crippen LogP contribution in [0.4, 0.5) is 0 Å². The highest BCUT2D eigenvalue weighted by Crippen LogP contribution is 2.35. The van der Waals surface area contributed by atoms with Gasteiger partial charge in [0.2, 0.25) is 0 Å². The molecule has 2 aliphatic heterocycles. The molecular weight excluding hydrogens is 138 g/mol. The largest absolute Gasteiger partial charge is 0.380 e. The standard InChI is InChI=1S/C9H17NO/c1-10-5-3-2-4-9(6-10)7-11-8-9/h2-8H2,1H3. The number of hydrogen-bond acceptors (Lipinski definition) is 2. The molecule has 0 atom stereocenters. The lowest BCUT2D eigenvalue weighted by Gasteiger charge is -2.42. The van der Waals surface area contributed by atoms with E-state index in [4.69, 9.17) is 4.74 Å². The normalized spacial score (nSPS) is 31.4. The Labute approximate surface area is 68.5 Å². The molecule has 64 valence electrons. The third-order valence-corrected chi connectivity index (χ3v) is 2.92. The molecule has 2 fully saturated rings. The minimum Gasteiger partial charge on any atom is -0.380 e. The van der Waals surface area contributed by atoms with Crippen molar-refractivity contribution in [3.8, 4) is 0 Å². The number of ether oxygens (including phenoxy) is 1. The SMILES string of the molecule is CN1CCCCC2(COC2)C1. The summed E-state index contributed by atoms with van der Waals surface area (Å²) in [6.45, 7) is 4.56. The molecule has 2 heteroatoms. The maximum atomic E-state index is 5.29. The summed E-state index contributed by atoms with van der Waals surface area (Å²) in [7, 11) is 2.23. The average Bonchev–Trinajstić information content (AvgIpc) is 2.09. The summed E-state index contributed by atoms with van der Waals surface area (Å²) in [6, 6.07) is 0. The van der Waals surface area contributed by atoms with Crippen LogP contribution in [-0.4, -0.2) is 38.3 Å². The fraction of sp³-hybridized carbons (Fsp3) is 1.00. The van der Waals surface area contributed by atoms with Gasteiger partial charge < -0.3 is 9.64 Å². The first kappa shape index (κ1) is 7.56. The first-order valence-electron chi connectivity index (χ1n) is 4.57. The van der Waals surface area contributed by atoms with E-state index in [-0.39, 0.29) is 0 Å². The molecule has 11 heavy (non-hydrogen) atoms. The second-order valence-corrected chi connectivity index (χ2v) is 4.19. The van der Waals surface area contributed by atoms with Crippen LogP contribution in [0.15, 0.2) is 0 Å². The van der Waals surface area contributed by atoms with Gasteiger partial charge in [0.1, 0.15) is 0 Å². The van der Waals surface area contributed by atoms with E-state index in [2.05, 4.69) is 11.9 Å². The molecule has 0 aromatic rings. The zero-order valence-corrected chi connectivity index (χ0v) is 7.31. The minimum atomic E-state index is 0.561. The van der Waals surface area contributed by atoms with Crippen molar-refractivity contribution in [2.45, 2.75) is 19.3 Å². The molecule has 0 radical (unpaired) electrons. The van der Waals surface area contributed by atoms with Gasteiger partial charge in [-0.05, 0) is 26.4 Å². The molecule has 0 aromatic heterocycles. The summed E-state index contributed by atoms with van der Waals surface area (Å²) in [5.41, 5.74) is 0.561. The molecule has 0 amide bonds. The summed E-state index contributed by atoms with van der Waals surface area (Å²) in [5.74, 6) is 0. The molecule has 2 heterocycles. The number of rotatable bonds is 0. The maximum Gasteiger partial charge on any atom is 0.0557 e. The molecule has 0 unspecified atom stereocenters. The second kappa shape index (κ2) is 2.76. The van der Waals surface area contributed by atoms with E-state index < -0.39 is 0 Å². The number of hydrogen-bond donors (Lipinski definition) is 0. The molecule has 2 saturated heterocycles. The van der Waals surface area contributed by atoms with Gasteiger partial charge in [0.05, 0.1) is 13.2 Å². The van der Waals surface area contributed by atoms with Gasteiger partial charge in [0.25, 0.3) is 0 Å². The Morgan fingerprint density at radius 1 is 1.27 bits per heavy atom. The van der Waals surface area contributed by atoms with Crippen molar-refractivity contribution in [3.05, 3.63) is 0 Å². The quantitative estimate of drug-likeness (QED) is 0.520. The van der Waals surface area contributed by atoms with Crippen molar-refractivity contribution in [2.24, 2.45) is 5.41 Å². The molecule has 0 N–H and O–H groups in total. The highest BCUT2D eigenvalue weighted by Gasteiger charge is 2.39. The summed E-state index contributed by atoms with van der Waals surface area (Å²) in [4.78, 5) is 2.45. The van der Waals surface area contributed by atoms with Gasteiger partial charge in [-0.2, -0.15) is 0 Å². The third-order valence-electron chi connectivity index (χ3n) is 2.92. The predicted octanol–water partition coefficient (Wildman–Crippen LogP) is 1.12. The zero-order valence-electron chi connectivity index (χ0n) is 7.31. The van der Waals surface area contributed by atoms with Crippen molar-refractivity contribution < 1.29 is 4.74 Å². The van der Waals surface area contributed by atoms with Gasteiger partial charge in [0.15, 0.2) is 0 Å². The molecule has 2 nitrogen and oxygen atoms in total. The van der Waals surface area contributed by atoms with E-state index in [1.54, 1.807) is 0 Å². The first-order chi connectivity index (χ1) is 5.31. The van der Waals surface area contributed by atoms with Gasteiger partial charge in [-0.3, -0.25) is 0 Å². The van der Waals surface area contributed by atoms with Gasteiger partial charge in [0, 0.05) is 12.0 Å². The van der Waals surface area contributed by atoms with Crippen LogP contribution >= 0.6 is 0 Å². The fourth-order valence-corrected chi connectivity index (χ4v) is 2.24. The van der Waals surface area contributed by atoms with Crippen LogP contribution in [-0.2, 0) is 4.74 Å². The van der Waals surface area contributed by atoms with E-state index in [0.29, 0.717) is 5.41 Å². The molecule has 0 aromatic carbocycles. The molecule has 1 spiro atoms. The van der Waals surface area contributed by atoms with Gasteiger partial charge in [-0.1, -0.05) is 6.42 Å². The van der Waals surface area contributed by atoms with E-state index >= 15 is 0 Å². The Hall–Kier alpha value is -0.0800. The van der Waals surface area contributed by atoms with Crippen LogP contribution in [0.3, 0.4) is 0 Å². The molecule has 0 bridgehead atoms. The average molecular weight is 155 g/mol. The third kappa shape index (κ3) is 1.42. The van der Waals surface area contributed by atoms with Crippen LogP contribution in [0.25, 0.3) is 0 Å². The lowest BCUT2D eigenvalue weighted by Crippen LogP contribution is -2.48. The summed E-state index contributed by atoms with van der Waals surface area (Å²) < 4.78 is 5.29. The van der Waals surface area contributed by atoms with E-state index in [1.807, 2.05) is 0 Å². The highest BCUT2D eigenvalue weighted by molar-refractivity contribution is 4.89. The van der Waals surface area contributed by atoms with Gasteiger partial charge >= 0.3 is 0 Å². The van der Waals surface area contributed by atoms with Gasteiger partial charge in [-0.15, -0.1) is 0 Å². The lowest BCUT2D eigenvalue weighted by molar-refractivity contribution is -0.124. The highest BCUT2D eigenvalue weighted by atomic mass is 16.5. The zero-order chi connectivity index (χ0) is 7.73. The molecule has 2 rings (SSSR count). The predicted molar refractivity (Wildman–Crippen MR) is 44.6 cm³/mol. The topological polar surface area (TPSA) is 12.5 Å². The van der Waals surface area contributed by atoms with E-state index in [1.165, 1.54) is 32.4 Å². The summed E-state index contributed by atoms with van der Waals surface area (Å²) >= 11 is 0. The second-order valence-electron chi connectivity index (χ2n) is 4.19. The van der Waals surface area contributed by atoms with Crippen molar-refractivity contribution in [3.63, 3.8) is 0 Å². The van der Waals surface area contributed by atoms with Crippen molar-refractivity contribution >= 4 is 0 Å². The lowest BCUT2D eigenvalue weighted by atomic mass is 9.81. The Morgan fingerprint density at radius 3 is 2.73 bits per heavy atom. The Morgan fingerprint density at radius 2 is 2.09 bits per heavy atom. The van der Waals surface area contributed by atoms with Crippen molar-refractivity contribution in [1.29, 1.82) is 0 Å². The summed E-state index contributed by atoms with van der Waals surface area (Å²) in [5, 5.41) is 0. The molecule has 0 aliphatic carbocycles. The van der Waals surface area contributed by atoms with E-state index in [9.17, 15) is 0 Å². The first-order valence-corrected chi connectivity index (χ1v) is 4.57. The number of nitrogens with zero attached hydrogens (tertiary/aromatic N) is 1. The van der Waals surface area contributed by atoms with Crippen LogP contribution in [0.2, 0.25) is 0 Å². The van der Waals surface area contributed by atoms with Gasteiger partial charge in [-0.25, -0.2) is 0 Å². The fourth-order valence-electron chi connectivity index (χ4n) is 2.24. The molecule has 0 saturated carbocycles. The minimum absolute atomic E-state index is 0.561. The smallest absolute Gasteiger partial charge is 0.0557 e. The van der Waals surface area contributed by atoms with Crippen LogP contribution in [0, 0.1) is 5.41 Å².